The third kappa shape index (κ3) is 5.56. The summed E-state index contributed by atoms with van der Waals surface area (Å²) in [5.41, 5.74) is 4.66. The van der Waals surface area contributed by atoms with Gasteiger partial charge in [-0.2, -0.15) is 0 Å². The van der Waals surface area contributed by atoms with Crippen LogP contribution in [0.1, 0.15) is 28.4 Å². The van der Waals surface area contributed by atoms with Crippen molar-refractivity contribution in [1.29, 1.82) is 0 Å². The van der Waals surface area contributed by atoms with Crippen molar-refractivity contribution in [1.82, 2.24) is 14.8 Å². The topological polar surface area (TPSA) is 77.6 Å². The Kier molecular flexibility index (Phi) is 7.25. The van der Waals surface area contributed by atoms with Gasteiger partial charge in [0.25, 0.3) is 5.91 Å². The van der Waals surface area contributed by atoms with Crippen molar-refractivity contribution in [3.63, 3.8) is 0 Å². The Labute approximate surface area is 214 Å². The van der Waals surface area contributed by atoms with E-state index in [1.54, 1.807) is 0 Å². The van der Waals surface area contributed by atoms with Crippen LogP contribution in [0.4, 0.5) is 15.6 Å². The second-order valence-corrected chi connectivity index (χ2v) is 9.87. The molecule has 0 bridgehead atoms. The van der Waals surface area contributed by atoms with Crippen molar-refractivity contribution >= 4 is 44.3 Å². The Bertz CT molecular complexity index is 1330. The number of carbonyl (C=O) groups is 2. The Hall–Kier alpha value is -3.75. The van der Waals surface area contributed by atoms with E-state index in [0.717, 1.165) is 53.1 Å². The molecule has 2 N–H and O–H groups in total. The Morgan fingerprint density at radius 3 is 2.36 bits per heavy atom. The SMILES string of the molecule is CCc1ccccc1NC(=O)N1CCN(Cc2ccc(C(=O)Nc3nc4ccccc4s3)cc2)CC1. The van der Waals surface area contributed by atoms with Gasteiger partial charge in [-0.3, -0.25) is 15.0 Å². The van der Waals surface area contributed by atoms with Crippen LogP contribution in [0.5, 0.6) is 0 Å². The van der Waals surface area contributed by atoms with Crippen molar-refractivity contribution in [2.75, 3.05) is 36.8 Å². The number of thiazole rings is 1. The number of rotatable bonds is 6. The van der Waals surface area contributed by atoms with E-state index in [-0.39, 0.29) is 11.9 Å². The Morgan fingerprint density at radius 2 is 1.61 bits per heavy atom. The van der Waals surface area contributed by atoms with Crippen LogP contribution < -0.4 is 10.6 Å². The van der Waals surface area contributed by atoms with Gasteiger partial charge in [0.15, 0.2) is 5.13 Å². The van der Waals surface area contributed by atoms with E-state index in [0.29, 0.717) is 23.8 Å². The monoisotopic (exact) mass is 499 g/mol. The first-order valence-corrected chi connectivity index (χ1v) is 13.0. The molecular weight excluding hydrogens is 470 g/mol. The van der Waals surface area contributed by atoms with Crippen LogP contribution in [0.25, 0.3) is 10.2 Å². The lowest BCUT2D eigenvalue weighted by Crippen LogP contribution is -2.49. The first-order chi connectivity index (χ1) is 17.6. The molecule has 0 unspecified atom stereocenters. The van der Waals surface area contributed by atoms with Crippen molar-refractivity contribution < 1.29 is 9.59 Å². The number of nitrogens with one attached hydrogen (secondary N) is 2. The molecule has 2 heterocycles. The lowest BCUT2D eigenvalue weighted by atomic mass is 10.1. The molecule has 3 aromatic carbocycles. The van der Waals surface area contributed by atoms with E-state index in [4.69, 9.17) is 0 Å². The molecule has 1 saturated heterocycles. The molecule has 1 aromatic heterocycles. The maximum absolute atomic E-state index is 12.7. The molecule has 0 aliphatic carbocycles. The van der Waals surface area contributed by atoms with E-state index in [1.807, 2.05) is 77.7 Å². The number of amides is 3. The summed E-state index contributed by atoms with van der Waals surface area (Å²) < 4.78 is 1.05. The average Bonchev–Trinajstić information content (AvgIpc) is 3.32. The summed E-state index contributed by atoms with van der Waals surface area (Å²) in [6, 6.07) is 23.4. The third-order valence-electron chi connectivity index (χ3n) is 6.44. The molecule has 1 aliphatic rings. The molecule has 5 rings (SSSR count). The largest absolute Gasteiger partial charge is 0.322 e. The number of piperazine rings is 1. The minimum absolute atomic E-state index is 0.0426. The molecule has 0 saturated carbocycles. The van der Waals surface area contributed by atoms with Crippen LogP contribution in [0.15, 0.2) is 72.8 Å². The number of aryl methyl sites for hydroxylation is 1. The van der Waals surface area contributed by atoms with Crippen LogP contribution in [0, 0.1) is 0 Å². The quantitative estimate of drug-likeness (QED) is 0.369. The highest BCUT2D eigenvalue weighted by Gasteiger charge is 2.22. The first kappa shape index (κ1) is 24.0. The number of benzene rings is 3. The zero-order chi connectivity index (χ0) is 24.9. The summed E-state index contributed by atoms with van der Waals surface area (Å²) in [5, 5.41) is 6.57. The van der Waals surface area contributed by atoms with Gasteiger partial charge in [0, 0.05) is 44.0 Å². The van der Waals surface area contributed by atoms with Gasteiger partial charge in [-0.1, -0.05) is 60.7 Å². The minimum atomic E-state index is -0.162. The average molecular weight is 500 g/mol. The number of urea groups is 1. The second kappa shape index (κ2) is 10.9. The molecule has 7 nitrogen and oxygen atoms in total. The van der Waals surface area contributed by atoms with Crippen LogP contribution in [0.3, 0.4) is 0 Å². The molecule has 36 heavy (non-hydrogen) atoms. The van der Waals surface area contributed by atoms with Crippen molar-refractivity contribution in [3.05, 3.63) is 89.5 Å². The highest BCUT2D eigenvalue weighted by Crippen LogP contribution is 2.26. The van der Waals surface area contributed by atoms with Crippen LogP contribution in [0.2, 0.25) is 0 Å². The lowest BCUT2D eigenvalue weighted by molar-refractivity contribution is 0.102. The fourth-order valence-corrected chi connectivity index (χ4v) is 5.23. The zero-order valence-electron chi connectivity index (χ0n) is 20.2. The van der Waals surface area contributed by atoms with Crippen LogP contribution in [-0.4, -0.2) is 52.9 Å². The van der Waals surface area contributed by atoms with E-state index in [1.165, 1.54) is 11.3 Å². The van der Waals surface area contributed by atoms with Gasteiger partial charge in [-0.25, -0.2) is 9.78 Å². The van der Waals surface area contributed by atoms with Crippen molar-refractivity contribution in [2.45, 2.75) is 19.9 Å². The lowest BCUT2D eigenvalue weighted by Gasteiger charge is -2.34. The molecular formula is C28H29N5O2S. The number of hydrogen-bond acceptors (Lipinski definition) is 5. The van der Waals surface area contributed by atoms with Gasteiger partial charge in [0.2, 0.25) is 0 Å². The molecule has 3 amide bonds. The van der Waals surface area contributed by atoms with Gasteiger partial charge >= 0.3 is 6.03 Å². The summed E-state index contributed by atoms with van der Waals surface area (Å²) in [4.78, 5) is 34.1. The predicted octanol–water partition coefficient (Wildman–Crippen LogP) is 5.46. The summed E-state index contributed by atoms with van der Waals surface area (Å²) in [6.07, 6.45) is 0.882. The first-order valence-electron chi connectivity index (χ1n) is 12.2. The number of fused-ring (bicyclic) bond motifs is 1. The van der Waals surface area contributed by atoms with Gasteiger partial charge in [0.05, 0.1) is 10.2 Å². The number of aromatic nitrogens is 1. The molecule has 1 fully saturated rings. The molecule has 0 radical (unpaired) electrons. The maximum atomic E-state index is 12.7. The van der Waals surface area contributed by atoms with Gasteiger partial charge in [0.1, 0.15) is 0 Å². The van der Waals surface area contributed by atoms with E-state index < -0.39 is 0 Å². The molecule has 8 heteroatoms. The summed E-state index contributed by atoms with van der Waals surface area (Å²) in [6.45, 7) is 5.86. The number of hydrogen-bond donors (Lipinski definition) is 2. The number of para-hydroxylation sites is 2. The maximum Gasteiger partial charge on any atom is 0.321 e. The normalized spacial score (nSPS) is 14.1. The third-order valence-corrected chi connectivity index (χ3v) is 7.39. The summed E-state index contributed by atoms with van der Waals surface area (Å²) in [5.74, 6) is -0.162. The summed E-state index contributed by atoms with van der Waals surface area (Å²) >= 11 is 1.47. The molecule has 0 atom stereocenters. The highest BCUT2D eigenvalue weighted by atomic mass is 32.1. The number of anilines is 2. The van der Waals surface area contributed by atoms with E-state index in [9.17, 15) is 9.59 Å². The highest BCUT2D eigenvalue weighted by molar-refractivity contribution is 7.22. The standard InChI is InChI=1S/C28H29N5O2S/c1-2-21-7-3-4-8-23(21)30-28(35)33-17-15-32(16-18-33)19-20-11-13-22(14-12-20)26(34)31-27-29-24-9-5-6-10-25(24)36-27/h3-14H,2,15-19H2,1H3,(H,30,35)(H,29,31,34). The van der Waals surface area contributed by atoms with Gasteiger partial charge in [-0.05, 0) is 47.9 Å². The minimum Gasteiger partial charge on any atom is -0.322 e. The van der Waals surface area contributed by atoms with Crippen molar-refractivity contribution in [3.8, 4) is 0 Å². The van der Waals surface area contributed by atoms with Crippen LogP contribution >= 0.6 is 11.3 Å². The van der Waals surface area contributed by atoms with Crippen LogP contribution in [-0.2, 0) is 13.0 Å². The Morgan fingerprint density at radius 1 is 0.889 bits per heavy atom. The molecule has 0 spiro atoms. The smallest absolute Gasteiger partial charge is 0.321 e. The molecule has 184 valence electrons. The predicted molar refractivity (Wildman–Crippen MR) is 146 cm³/mol. The fraction of sp³-hybridized carbons (Fsp3) is 0.250. The molecule has 1 aliphatic heterocycles. The summed E-state index contributed by atoms with van der Waals surface area (Å²) in [7, 11) is 0. The fourth-order valence-electron chi connectivity index (χ4n) is 4.37. The van der Waals surface area contributed by atoms with Crippen molar-refractivity contribution in [2.24, 2.45) is 0 Å². The second-order valence-electron chi connectivity index (χ2n) is 8.84. The van der Waals surface area contributed by atoms with Gasteiger partial charge < -0.3 is 10.2 Å². The van der Waals surface area contributed by atoms with Gasteiger partial charge in [-0.15, -0.1) is 0 Å². The Balaban J connectivity index is 1.11. The van der Waals surface area contributed by atoms with E-state index in [2.05, 4.69) is 27.4 Å². The molecule has 4 aromatic rings. The zero-order valence-corrected chi connectivity index (χ0v) is 21.1. The number of carbonyl (C=O) groups excluding carboxylic acids is 2. The number of nitrogens with zero attached hydrogens (tertiary/aromatic N) is 3. The van der Waals surface area contributed by atoms with E-state index >= 15 is 0 Å².